The van der Waals surface area contributed by atoms with E-state index in [0.717, 1.165) is 0 Å². The smallest absolute Gasteiger partial charge is 0.382 e. The number of fused-ring (bicyclic) bond motifs is 1. The number of rotatable bonds is 5. The first-order valence-corrected chi connectivity index (χ1v) is 7.63. The van der Waals surface area contributed by atoms with Gasteiger partial charge in [-0.25, -0.2) is 4.98 Å². The molecule has 0 saturated heterocycles. The predicted octanol–water partition coefficient (Wildman–Crippen LogP) is 3.63. The summed E-state index contributed by atoms with van der Waals surface area (Å²) in [7, 11) is 0. The molecular weight excluding hydrogens is 319 g/mol. The lowest BCUT2D eigenvalue weighted by Crippen LogP contribution is -2.50. The van der Waals surface area contributed by atoms with Gasteiger partial charge in [0.25, 0.3) is 0 Å². The Morgan fingerprint density at radius 1 is 1.29 bits per heavy atom. The number of benzene rings is 1. The van der Waals surface area contributed by atoms with Crippen molar-refractivity contribution in [2.75, 3.05) is 11.4 Å². The second kappa shape index (κ2) is 7.05. The van der Waals surface area contributed by atoms with Gasteiger partial charge in [0, 0.05) is 23.8 Å². The highest BCUT2D eigenvalue weighted by Gasteiger charge is 2.44. The van der Waals surface area contributed by atoms with Crippen LogP contribution in [-0.2, 0) is 0 Å². The number of aliphatic hydroxyl groups excluding tert-OH is 1. The first kappa shape index (κ1) is 18.0. The molecule has 2 aromatic rings. The molecule has 0 amide bonds. The van der Waals surface area contributed by atoms with Crippen LogP contribution in [0.5, 0.6) is 0 Å². The van der Waals surface area contributed by atoms with Crippen LogP contribution >= 0.6 is 0 Å². The first-order valence-electron chi connectivity index (χ1n) is 7.63. The molecule has 0 aliphatic rings. The first-order chi connectivity index (χ1) is 11.3. The van der Waals surface area contributed by atoms with E-state index in [4.69, 9.17) is 5.26 Å². The third-order valence-corrected chi connectivity index (χ3v) is 4.04. The molecule has 1 heterocycles. The number of halogens is 3. The molecule has 1 aromatic carbocycles. The number of nitriles is 1. The molecule has 0 aliphatic carbocycles. The van der Waals surface area contributed by atoms with E-state index in [-0.39, 0.29) is 12.1 Å². The highest BCUT2D eigenvalue weighted by atomic mass is 19.4. The molecule has 1 N–H and O–H groups in total. The van der Waals surface area contributed by atoms with E-state index >= 15 is 0 Å². The van der Waals surface area contributed by atoms with E-state index in [1.54, 1.807) is 38.1 Å². The minimum atomic E-state index is -4.68. The normalized spacial score (nSPS) is 14.2. The molecule has 2 rings (SSSR count). The molecule has 0 unspecified atom stereocenters. The Morgan fingerprint density at radius 2 is 2.00 bits per heavy atom. The zero-order chi connectivity index (χ0) is 17.9. The van der Waals surface area contributed by atoms with Gasteiger partial charge in [0.05, 0.1) is 6.04 Å². The van der Waals surface area contributed by atoms with Crippen LogP contribution in [0.2, 0.25) is 0 Å². The zero-order valence-electron chi connectivity index (χ0n) is 13.4. The molecule has 7 heteroatoms. The fourth-order valence-electron chi connectivity index (χ4n) is 2.87. The van der Waals surface area contributed by atoms with Crippen LogP contribution in [0.4, 0.5) is 18.9 Å². The number of alkyl halides is 3. The van der Waals surface area contributed by atoms with Crippen molar-refractivity contribution in [1.82, 2.24) is 4.98 Å². The Balaban J connectivity index is 2.47. The topological polar surface area (TPSA) is 60.1 Å². The second-order valence-corrected chi connectivity index (χ2v) is 5.42. The number of nitrogens with zero attached hydrogens (tertiary/aromatic N) is 3. The molecule has 128 valence electrons. The van der Waals surface area contributed by atoms with Gasteiger partial charge < -0.3 is 10.0 Å². The fourth-order valence-corrected chi connectivity index (χ4v) is 2.87. The van der Waals surface area contributed by atoms with Crippen molar-refractivity contribution in [3.05, 3.63) is 36.2 Å². The number of likely N-dealkylation sites (N-methyl/N-ethyl adjacent to an activating group) is 1. The lowest BCUT2D eigenvalue weighted by atomic mass is 10.0. The highest BCUT2D eigenvalue weighted by molar-refractivity contribution is 5.89. The van der Waals surface area contributed by atoms with Crippen LogP contribution in [-0.4, -0.2) is 35.0 Å². The van der Waals surface area contributed by atoms with Crippen molar-refractivity contribution >= 4 is 16.5 Å². The maximum Gasteiger partial charge on any atom is 0.416 e. The van der Waals surface area contributed by atoms with Gasteiger partial charge in [-0.2, -0.15) is 18.4 Å². The second-order valence-electron chi connectivity index (χ2n) is 5.42. The fraction of sp³-hybridized carbons (Fsp3) is 0.412. The Morgan fingerprint density at radius 3 is 2.54 bits per heavy atom. The minimum Gasteiger partial charge on any atom is -0.382 e. The summed E-state index contributed by atoms with van der Waals surface area (Å²) in [5, 5.41) is 20.1. The van der Waals surface area contributed by atoms with Crippen LogP contribution in [0.1, 0.15) is 26.0 Å². The van der Waals surface area contributed by atoms with E-state index in [0.29, 0.717) is 23.0 Å². The summed E-state index contributed by atoms with van der Waals surface area (Å²) < 4.78 is 38.8. The summed E-state index contributed by atoms with van der Waals surface area (Å²) in [6, 6.07) is 7.66. The Kier molecular flexibility index (Phi) is 5.30. The van der Waals surface area contributed by atoms with Crippen molar-refractivity contribution in [2.24, 2.45) is 0 Å². The van der Waals surface area contributed by atoms with Crippen molar-refractivity contribution in [1.29, 1.82) is 5.26 Å². The van der Waals surface area contributed by atoms with Gasteiger partial charge in [-0.15, -0.1) is 0 Å². The third kappa shape index (κ3) is 3.44. The monoisotopic (exact) mass is 337 g/mol. The lowest BCUT2D eigenvalue weighted by molar-refractivity contribution is -0.210. The molecule has 2 atom stereocenters. The lowest BCUT2D eigenvalue weighted by Gasteiger charge is -2.36. The molecule has 0 fully saturated rings. The number of aromatic nitrogens is 1. The quantitative estimate of drug-likeness (QED) is 0.905. The van der Waals surface area contributed by atoms with E-state index in [1.807, 2.05) is 6.07 Å². The van der Waals surface area contributed by atoms with Gasteiger partial charge in [0.15, 0.2) is 6.10 Å². The van der Waals surface area contributed by atoms with Crippen LogP contribution in [0.15, 0.2) is 30.5 Å². The maximum absolute atomic E-state index is 12.9. The van der Waals surface area contributed by atoms with E-state index < -0.39 is 18.3 Å². The number of pyridine rings is 1. The van der Waals surface area contributed by atoms with Crippen molar-refractivity contribution in [3.8, 4) is 6.07 Å². The van der Waals surface area contributed by atoms with Crippen LogP contribution in [0.25, 0.3) is 10.8 Å². The number of hydrogen-bond acceptors (Lipinski definition) is 4. The van der Waals surface area contributed by atoms with Gasteiger partial charge in [0.1, 0.15) is 11.8 Å². The van der Waals surface area contributed by atoms with Crippen molar-refractivity contribution < 1.29 is 18.3 Å². The van der Waals surface area contributed by atoms with Gasteiger partial charge in [-0.3, -0.25) is 0 Å². The molecule has 0 radical (unpaired) electrons. The number of hydrogen-bond donors (Lipinski definition) is 1. The highest BCUT2D eigenvalue weighted by Crippen LogP contribution is 2.31. The van der Waals surface area contributed by atoms with Gasteiger partial charge in [-0.05, 0) is 43.0 Å². The SMILES string of the molecule is CC[C@H]([C@H](O)C(F)(F)F)N(CC)c1ccc2c(C#N)nccc2c1. The largest absolute Gasteiger partial charge is 0.416 e. The molecule has 1 aromatic heterocycles. The molecule has 0 saturated carbocycles. The van der Waals surface area contributed by atoms with Crippen LogP contribution in [0, 0.1) is 11.3 Å². The van der Waals surface area contributed by atoms with E-state index in [1.165, 1.54) is 11.1 Å². The van der Waals surface area contributed by atoms with E-state index in [2.05, 4.69) is 4.98 Å². The predicted molar refractivity (Wildman–Crippen MR) is 85.6 cm³/mol. The summed E-state index contributed by atoms with van der Waals surface area (Å²) >= 11 is 0. The summed E-state index contributed by atoms with van der Waals surface area (Å²) in [6.45, 7) is 3.66. The summed E-state index contributed by atoms with van der Waals surface area (Å²) in [5.41, 5.74) is 0.833. The van der Waals surface area contributed by atoms with Gasteiger partial charge in [-0.1, -0.05) is 6.92 Å². The van der Waals surface area contributed by atoms with Gasteiger partial charge in [0.2, 0.25) is 0 Å². The Hall–Kier alpha value is -2.33. The molecule has 0 aliphatic heterocycles. The number of aliphatic hydroxyl groups is 1. The maximum atomic E-state index is 12.9. The molecule has 4 nitrogen and oxygen atoms in total. The third-order valence-electron chi connectivity index (χ3n) is 4.04. The summed E-state index contributed by atoms with van der Waals surface area (Å²) in [6.07, 6.45) is -5.47. The Labute approximate surface area is 138 Å². The molecule has 0 spiro atoms. The van der Waals surface area contributed by atoms with Crippen molar-refractivity contribution in [3.63, 3.8) is 0 Å². The standard InChI is InChI=1S/C17H18F3N3O/c1-3-15(16(24)17(18,19)20)23(4-2)12-5-6-13-11(9-12)7-8-22-14(13)10-21/h5-9,15-16,24H,3-4H2,1-2H3/t15-,16+/m1/s1. The molecule has 0 bridgehead atoms. The summed E-state index contributed by atoms with van der Waals surface area (Å²) in [5.74, 6) is 0. The summed E-state index contributed by atoms with van der Waals surface area (Å²) in [4.78, 5) is 5.50. The number of anilines is 1. The van der Waals surface area contributed by atoms with Gasteiger partial charge >= 0.3 is 6.18 Å². The zero-order valence-corrected chi connectivity index (χ0v) is 13.4. The van der Waals surface area contributed by atoms with Crippen LogP contribution in [0.3, 0.4) is 0 Å². The molecular formula is C17H18F3N3O. The minimum absolute atomic E-state index is 0.145. The van der Waals surface area contributed by atoms with Crippen LogP contribution < -0.4 is 4.90 Å². The van der Waals surface area contributed by atoms with Crippen molar-refractivity contribution in [2.45, 2.75) is 38.6 Å². The van der Waals surface area contributed by atoms with E-state index in [9.17, 15) is 18.3 Å². The average Bonchev–Trinajstić information content (AvgIpc) is 2.57. The Bertz CT molecular complexity index is 755. The molecule has 24 heavy (non-hydrogen) atoms. The average molecular weight is 337 g/mol.